The number of amides is 1. The van der Waals surface area contributed by atoms with Crippen LogP contribution in [0.1, 0.15) is 44.7 Å². The van der Waals surface area contributed by atoms with Crippen LogP contribution in [0, 0.1) is 0 Å². The molecule has 0 radical (unpaired) electrons. The lowest BCUT2D eigenvalue weighted by Gasteiger charge is -2.21. The molecule has 1 aromatic carbocycles. The highest BCUT2D eigenvalue weighted by molar-refractivity contribution is 6.01. The van der Waals surface area contributed by atoms with Crippen molar-refractivity contribution in [3.63, 3.8) is 0 Å². The maximum Gasteiger partial charge on any atom is 0.235 e. The molecule has 2 aromatic heterocycles. The zero-order valence-electron chi connectivity index (χ0n) is 15.8. The van der Waals surface area contributed by atoms with Crippen molar-refractivity contribution in [2.24, 2.45) is 0 Å². The Morgan fingerprint density at radius 1 is 1.11 bits per heavy atom. The number of pyridine rings is 1. The van der Waals surface area contributed by atoms with Crippen LogP contribution in [0.25, 0.3) is 5.82 Å². The molecule has 1 saturated carbocycles. The van der Waals surface area contributed by atoms with E-state index in [1.165, 1.54) is 11.9 Å². The Labute approximate surface area is 158 Å². The maximum atomic E-state index is 12.9. The van der Waals surface area contributed by atoms with Crippen molar-refractivity contribution in [1.82, 2.24) is 19.7 Å². The number of rotatable bonds is 4. The van der Waals surface area contributed by atoms with Gasteiger partial charge in [-0.25, -0.2) is 14.6 Å². The molecule has 138 valence electrons. The first kappa shape index (κ1) is 17.4. The zero-order valence-corrected chi connectivity index (χ0v) is 15.8. The van der Waals surface area contributed by atoms with Gasteiger partial charge in [-0.15, -0.1) is 0 Å². The second-order valence-corrected chi connectivity index (χ2v) is 8.11. The first-order valence-electron chi connectivity index (χ1n) is 9.12. The highest BCUT2D eigenvalue weighted by Crippen LogP contribution is 2.49. The van der Waals surface area contributed by atoms with E-state index < -0.39 is 5.41 Å². The van der Waals surface area contributed by atoms with Gasteiger partial charge in [0.2, 0.25) is 5.91 Å². The van der Waals surface area contributed by atoms with Crippen molar-refractivity contribution in [1.29, 1.82) is 0 Å². The third kappa shape index (κ3) is 3.35. The van der Waals surface area contributed by atoms with Crippen LogP contribution in [0.15, 0.2) is 55.2 Å². The van der Waals surface area contributed by atoms with E-state index in [9.17, 15) is 4.79 Å². The van der Waals surface area contributed by atoms with Crippen molar-refractivity contribution < 1.29 is 4.79 Å². The molecule has 3 aromatic rings. The normalized spacial score (nSPS) is 15.4. The van der Waals surface area contributed by atoms with Crippen LogP contribution < -0.4 is 5.32 Å². The summed E-state index contributed by atoms with van der Waals surface area (Å²) in [6.07, 6.45) is 6.43. The summed E-state index contributed by atoms with van der Waals surface area (Å²) in [6.45, 7) is 6.58. The summed E-state index contributed by atoms with van der Waals surface area (Å²) in [5.74, 6) is 0.686. The molecule has 0 aliphatic heterocycles. The molecular weight excluding hydrogens is 338 g/mol. The number of aromatic nitrogens is 4. The van der Waals surface area contributed by atoms with Gasteiger partial charge in [0, 0.05) is 0 Å². The molecule has 27 heavy (non-hydrogen) atoms. The molecule has 1 N–H and O–H groups in total. The Morgan fingerprint density at radius 2 is 1.85 bits per heavy atom. The average molecular weight is 361 g/mol. The Bertz CT molecular complexity index is 934. The highest BCUT2D eigenvalue weighted by atomic mass is 16.2. The van der Waals surface area contributed by atoms with Gasteiger partial charge in [-0.1, -0.05) is 45.0 Å². The molecule has 0 bridgehead atoms. The van der Waals surface area contributed by atoms with Crippen molar-refractivity contribution in [3.8, 4) is 5.82 Å². The van der Waals surface area contributed by atoms with E-state index in [4.69, 9.17) is 0 Å². The summed E-state index contributed by atoms with van der Waals surface area (Å²) >= 11 is 0. The lowest BCUT2D eigenvalue weighted by molar-refractivity contribution is -0.118. The summed E-state index contributed by atoms with van der Waals surface area (Å²) in [5, 5.41) is 7.06. The fourth-order valence-corrected chi connectivity index (χ4v) is 3.23. The molecule has 1 aliphatic rings. The van der Waals surface area contributed by atoms with Crippen LogP contribution in [0.5, 0.6) is 0 Å². The van der Waals surface area contributed by atoms with Crippen molar-refractivity contribution in [3.05, 3.63) is 66.4 Å². The van der Waals surface area contributed by atoms with Gasteiger partial charge in [0.1, 0.15) is 12.7 Å². The third-order valence-electron chi connectivity index (χ3n) is 5.15. The molecule has 0 atom stereocenters. The summed E-state index contributed by atoms with van der Waals surface area (Å²) < 4.78 is 1.57. The smallest absolute Gasteiger partial charge is 0.235 e. The first-order chi connectivity index (χ1) is 12.9. The Balaban J connectivity index is 1.49. The molecule has 0 unspecified atom stereocenters. The van der Waals surface area contributed by atoms with Crippen LogP contribution in [0.3, 0.4) is 0 Å². The number of hydrogen-bond donors (Lipinski definition) is 1. The molecule has 0 saturated heterocycles. The molecule has 1 aliphatic carbocycles. The number of benzene rings is 1. The minimum absolute atomic E-state index is 0.0290. The van der Waals surface area contributed by atoms with Crippen molar-refractivity contribution in [2.75, 3.05) is 5.32 Å². The first-order valence-corrected chi connectivity index (χ1v) is 9.12. The van der Waals surface area contributed by atoms with Crippen LogP contribution >= 0.6 is 0 Å². The topological polar surface area (TPSA) is 72.7 Å². The number of nitrogens with zero attached hydrogens (tertiary/aromatic N) is 4. The summed E-state index contributed by atoms with van der Waals surface area (Å²) in [4.78, 5) is 21.2. The van der Waals surface area contributed by atoms with Gasteiger partial charge in [-0.05, 0) is 41.5 Å². The zero-order chi connectivity index (χ0) is 19.1. The van der Waals surface area contributed by atoms with Gasteiger partial charge in [0.15, 0.2) is 5.82 Å². The van der Waals surface area contributed by atoms with Gasteiger partial charge < -0.3 is 5.32 Å². The van der Waals surface area contributed by atoms with Gasteiger partial charge in [-0.2, -0.15) is 5.10 Å². The number of hydrogen-bond acceptors (Lipinski definition) is 4. The standard InChI is InChI=1S/C21H23N5O/c1-20(2,3)15-4-6-16(7-5-15)21(10-11-21)19(27)25-17-8-9-18(23-12-17)26-14-22-13-24-26/h4-9,12-14H,10-11H2,1-3H3,(H,25,27). The van der Waals surface area contributed by atoms with Crippen LogP contribution in [0.2, 0.25) is 0 Å². The van der Waals surface area contributed by atoms with Gasteiger partial charge in [-0.3, -0.25) is 4.79 Å². The maximum absolute atomic E-state index is 12.9. The number of carbonyl (C=O) groups is 1. The summed E-state index contributed by atoms with van der Waals surface area (Å²) in [6, 6.07) is 12.1. The molecule has 6 heteroatoms. The second kappa shape index (κ2) is 6.30. The molecule has 0 spiro atoms. The molecule has 6 nitrogen and oxygen atoms in total. The van der Waals surface area contributed by atoms with E-state index >= 15 is 0 Å². The molecule has 1 fully saturated rings. The minimum Gasteiger partial charge on any atom is -0.324 e. The van der Waals surface area contributed by atoms with E-state index in [1.54, 1.807) is 17.2 Å². The molecule has 2 heterocycles. The quantitative estimate of drug-likeness (QED) is 0.770. The lowest BCUT2D eigenvalue weighted by Crippen LogP contribution is -2.28. The van der Waals surface area contributed by atoms with Crippen LogP contribution in [-0.4, -0.2) is 25.7 Å². The Hall–Kier alpha value is -3.02. The summed E-state index contributed by atoms with van der Waals surface area (Å²) in [7, 11) is 0. The van der Waals surface area contributed by atoms with E-state index in [0.29, 0.717) is 11.5 Å². The van der Waals surface area contributed by atoms with Gasteiger partial charge >= 0.3 is 0 Å². The fourth-order valence-electron chi connectivity index (χ4n) is 3.23. The van der Waals surface area contributed by atoms with Crippen molar-refractivity contribution in [2.45, 2.75) is 44.4 Å². The van der Waals surface area contributed by atoms with E-state index in [0.717, 1.165) is 18.4 Å². The van der Waals surface area contributed by atoms with Crippen molar-refractivity contribution >= 4 is 11.6 Å². The number of carbonyl (C=O) groups excluding carboxylic acids is 1. The SMILES string of the molecule is CC(C)(C)c1ccc(C2(C(=O)Nc3ccc(-n4cncn4)nc3)CC2)cc1. The monoisotopic (exact) mass is 361 g/mol. The van der Waals surface area contributed by atoms with E-state index in [2.05, 4.69) is 65.4 Å². The molecule has 1 amide bonds. The van der Waals surface area contributed by atoms with E-state index in [1.807, 2.05) is 12.1 Å². The van der Waals surface area contributed by atoms with Gasteiger partial charge in [0.25, 0.3) is 0 Å². The second-order valence-electron chi connectivity index (χ2n) is 8.11. The predicted molar refractivity (Wildman–Crippen MR) is 104 cm³/mol. The highest BCUT2D eigenvalue weighted by Gasteiger charge is 2.51. The van der Waals surface area contributed by atoms with Crippen LogP contribution in [-0.2, 0) is 15.6 Å². The van der Waals surface area contributed by atoms with Gasteiger partial charge in [0.05, 0.1) is 17.3 Å². The Morgan fingerprint density at radius 3 is 2.37 bits per heavy atom. The largest absolute Gasteiger partial charge is 0.324 e. The fraction of sp³-hybridized carbons (Fsp3) is 0.333. The average Bonchev–Trinajstić information content (AvgIpc) is 3.29. The lowest BCUT2D eigenvalue weighted by atomic mass is 9.85. The number of nitrogens with one attached hydrogen (secondary N) is 1. The predicted octanol–water partition coefficient (Wildman–Crippen LogP) is 3.63. The number of anilines is 1. The molecular formula is C21H23N5O. The van der Waals surface area contributed by atoms with Crippen LogP contribution in [0.4, 0.5) is 5.69 Å². The Kier molecular flexibility index (Phi) is 4.06. The summed E-state index contributed by atoms with van der Waals surface area (Å²) in [5.41, 5.74) is 2.73. The molecule has 4 rings (SSSR count). The van der Waals surface area contributed by atoms with E-state index in [-0.39, 0.29) is 11.3 Å². The third-order valence-corrected chi connectivity index (χ3v) is 5.15. The minimum atomic E-state index is -0.416.